The van der Waals surface area contributed by atoms with Crippen molar-refractivity contribution in [1.82, 2.24) is 4.72 Å². The quantitative estimate of drug-likeness (QED) is 0.590. The molecule has 0 spiro atoms. The first-order valence-electron chi connectivity index (χ1n) is 8.47. The monoisotopic (exact) mass is 402 g/mol. The second-order valence-electron chi connectivity index (χ2n) is 6.06. The number of benzene rings is 3. The van der Waals surface area contributed by atoms with Crippen molar-refractivity contribution in [3.63, 3.8) is 0 Å². The third-order valence-electron chi connectivity index (χ3n) is 4.40. The first kappa shape index (κ1) is 19.8. The van der Waals surface area contributed by atoms with Gasteiger partial charge in [0.05, 0.1) is 26.2 Å². The van der Waals surface area contributed by atoms with Gasteiger partial charge < -0.3 is 19.9 Å². The molecule has 0 saturated carbocycles. The molecule has 3 aromatic carbocycles. The Labute approximate surface area is 164 Å². The van der Waals surface area contributed by atoms with E-state index in [0.717, 1.165) is 0 Å². The van der Waals surface area contributed by atoms with Crippen LogP contribution in [0, 0.1) is 0 Å². The molecule has 0 aromatic heterocycles. The van der Waals surface area contributed by atoms with Gasteiger partial charge in [-0.05, 0) is 29.8 Å². The predicted octanol–water partition coefficient (Wildman–Crippen LogP) is 2.93. The van der Waals surface area contributed by atoms with Crippen LogP contribution < -0.4 is 24.7 Å². The fourth-order valence-electron chi connectivity index (χ4n) is 3.03. The maximum Gasteiger partial charge on any atom is 0.241 e. The molecule has 0 radical (unpaired) electrons. The van der Waals surface area contributed by atoms with Crippen LogP contribution in [0.4, 0.5) is 5.69 Å². The summed E-state index contributed by atoms with van der Waals surface area (Å²) in [7, 11) is 0.745. The minimum absolute atomic E-state index is 0.0533. The number of nitrogens with one attached hydrogen (secondary N) is 1. The van der Waals surface area contributed by atoms with Gasteiger partial charge in [-0.3, -0.25) is 0 Å². The third-order valence-corrected chi connectivity index (χ3v) is 5.86. The summed E-state index contributed by atoms with van der Waals surface area (Å²) in [6, 6.07) is 13.6. The molecule has 0 aliphatic carbocycles. The van der Waals surface area contributed by atoms with Crippen LogP contribution in [0.25, 0.3) is 10.8 Å². The fraction of sp³-hybridized carbons (Fsp3) is 0.200. The van der Waals surface area contributed by atoms with Gasteiger partial charge in [-0.1, -0.05) is 24.3 Å². The van der Waals surface area contributed by atoms with Crippen LogP contribution >= 0.6 is 0 Å². The zero-order valence-corrected chi connectivity index (χ0v) is 16.7. The molecule has 3 N–H and O–H groups in total. The van der Waals surface area contributed by atoms with E-state index in [0.29, 0.717) is 39.3 Å². The number of sulfonamides is 1. The Morgan fingerprint density at radius 1 is 0.893 bits per heavy atom. The number of nitrogens with two attached hydrogens (primary N) is 1. The normalized spacial score (nSPS) is 11.4. The van der Waals surface area contributed by atoms with E-state index in [1.165, 1.54) is 21.3 Å². The molecule has 0 fully saturated rings. The summed E-state index contributed by atoms with van der Waals surface area (Å²) < 4.78 is 44.4. The maximum atomic E-state index is 12.9. The third kappa shape index (κ3) is 3.69. The minimum Gasteiger partial charge on any atom is -0.493 e. The van der Waals surface area contributed by atoms with Crippen LogP contribution in [0.3, 0.4) is 0 Å². The molecular formula is C20H22N2O5S. The average Bonchev–Trinajstić information content (AvgIpc) is 2.71. The summed E-state index contributed by atoms with van der Waals surface area (Å²) in [5.74, 6) is 1.35. The molecule has 148 valence electrons. The Kier molecular flexibility index (Phi) is 5.62. The summed E-state index contributed by atoms with van der Waals surface area (Å²) in [5, 5.41) is 1.26. The number of hydrogen-bond acceptors (Lipinski definition) is 6. The van der Waals surface area contributed by atoms with Gasteiger partial charge in [-0.15, -0.1) is 0 Å². The van der Waals surface area contributed by atoms with E-state index in [1.807, 2.05) is 0 Å². The molecule has 8 heteroatoms. The molecule has 0 heterocycles. The number of rotatable bonds is 7. The van der Waals surface area contributed by atoms with Crippen LogP contribution in [0.1, 0.15) is 5.56 Å². The van der Waals surface area contributed by atoms with Crippen molar-refractivity contribution in [3.05, 3.63) is 54.1 Å². The zero-order chi connectivity index (χ0) is 20.3. The predicted molar refractivity (Wildman–Crippen MR) is 108 cm³/mol. The molecule has 7 nitrogen and oxygen atoms in total. The van der Waals surface area contributed by atoms with E-state index >= 15 is 0 Å². The zero-order valence-electron chi connectivity index (χ0n) is 15.9. The van der Waals surface area contributed by atoms with Crippen LogP contribution in [0.15, 0.2) is 53.4 Å². The topological polar surface area (TPSA) is 99.9 Å². The lowest BCUT2D eigenvalue weighted by molar-refractivity contribution is 0.323. The average molecular weight is 402 g/mol. The smallest absolute Gasteiger partial charge is 0.241 e. The molecule has 0 unspecified atom stereocenters. The molecular weight excluding hydrogens is 380 g/mol. The highest BCUT2D eigenvalue weighted by molar-refractivity contribution is 7.89. The van der Waals surface area contributed by atoms with Crippen molar-refractivity contribution >= 4 is 26.5 Å². The summed E-state index contributed by atoms with van der Waals surface area (Å²) in [6.07, 6.45) is 0. The second-order valence-corrected chi connectivity index (χ2v) is 7.79. The Hall–Kier alpha value is -2.97. The van der Waals surface area contributed by atoms with E-state index in [1.54, 1.807) is 48.5 Å². The van der Waals surface area contributed by atoms with E-state index in [2.05, 4.69) is 4.72 Å². The van der Waals surface area contributed by atoms with Crippen LogP contribution in [0.5, 0.6) is 17.2 Å². The molecule has 0 bridgehead atoms. The van der Waals surface area contributed by atoms with Gasteiger partial charge in [0.15, 0.2) is 11.5 Å². The van der Waals surface area contributed by atoms with Crippen molar-refractivity contribution in [2.24, 2.45) is 0 Å². The summed E-state index contributed by atoms with van der Waals surface area (Å²) in [4.78, 5) is 0.171. The largest absolute Gasteiger partial charge is 0.493 e. The molecule has 28 heavy (non-hydrogen) atoms. The van der Waals surface area contributed by atoms with Crippen LogP contribution in [-0.2, 0) is 16.6 Å². The fourth-order valence-corrected chi connectivity index (χ4v) is 4.27. The molecule has 3 aromatic rings. The second kappa shape index (κ2) is 7.95. The number of methoxy groups -OCH3 is 3. The minimum atomic E-state index is -3.78. The van der Waals surface area contributed by atoms with Gasteiger partial charge in [0.25, 0.3) is 0 Å². The lowest BCUT2D eigenvalue weighted by atomic mass is 10.1. The maximum absolute atomic E-state index is 12.9. The number of fused-ring (bicyclic) bond motifs is 1. The van der Waals surface area contributed by atoms with Crippen molar-refractivity contribution in [3.8, 4) is 17.2 Å². The molecule has 0 aliphatic heterocycles. The number of ether oxygens (including phenoxy) is 3. The molecule has 0 saturated heterocycles. The number of nitrogen functional groups attached to an aromatic ring is 1. The molecule has 0 aliphatic rings. The number of hydrogen-bond donors (Lipinski definition) is 2. The summed E-state index contributed by atoms with van der Waals surface area (Å²) in [5.41, 5.74) is 7.16. The SMILES string of the molecule is COc1cc(CNS(=O)(=O)c2cccc3c(N)cccc23)cc(OC)c1OC. The van der Waals surface area contributed by atoms with Crippen molar-refractivity contribution in [2.75, 3.05) is 27.1 Å². The lowest BCUT2D eigenvalue weighted by Crippen LogP contribution is -2.23. The first-order valence-corrected chi connectivity index (χ1v) is 9.95. The van der Waals surface area contributed by atoms with E-state index < -0.39 is 10.0 Å². The molecule has 3 rings (SSSR count). The standard InChI is InChI=1S/C20H22N2O5S/c1-25-17-10-13(11-18(26-2)20(17)27-3)12-22-28(23,24)19-9-5-6-14-15(19)7-4-8-16(14)21/h4-11,22H,12,21H2,1-3H3. The van der Waals surface area contributed by atoms with Crippen LogP contribution in [0.2, 0.25) is 0 Å². The Bertz CT molecular complexity index is 1090. The van der Waals surface area contributed by atoms with Gasteiger partial charge in [0, 0.05) is 23.0 Å². The highest BCUT2D eigenvalue weighted by atomic mass is 32.2. The first-order chi connectivity index (χ1) is 13.4. The van der Waals surface area contributed by atoms with Gasteiger partial charge >= 0.3 is 0 Å². The van der Waals surface area contributed by atoms with Gasteiger partial charge in [-0.25, -0.2) is 13.1 Å². The van der Waals surface area contributed by atoms with E-state index in [9.17, 15) is 8.42 Å². The Balaban J connectivity index is 1.94. The van der Waals surface area contributed by atoms with Crippen molar-refractivity contribution in [1.29, 1.82) is 0 Å². The van der Waals surface area contributed by atoms with Gasteiger partial charge in [-0.2, -0.15) is 0 Å². The highest BCUT2D eigenvalue weighted by Crippen LogP contribution is 2.38. The lowest BCUT2D eigenvalue weighted by Gasteiger charge is -2.15. The highest BCUT2D eigenvalue weighted by Gasteiger charge is 2.19. The Morgan fingerprint density at radius 2 is 1.50 bits per heavy atom. The van der Waals surface area contributed by atoms with Gasteiger partial charge in [0.2, 0.25) is 15.8 Å². The van der Waals surface area contributed by atoms with E-state index in [4.69, 9.17) is 19.9 Å². The van der Waals surface area contributed by atoms with Crippen LogP contribution in [-0.4, -0.2) is 29.7 Å². The number of anilines is 1. The van der Waals surface area contributed by atoms with Crippen molar-refractivity contribution in [2.45, 2.75) is 11.4 Å². The van der Waals surface area contributed by atoms with Crippen molar-refractivity contribution < 1.29 is 22.6 Å². The molecule has 0 amide bonds. The van der Waals surface area contributed by atoms with E-state index in [-0.39, 0.29) is 11.4 Å². The Morgan fingerprint density at radius 3 is 2.11 bits per heavy atom. The summed E-state index contributed by atoms with van der Waals surface area (Å²) >= 11 is 0. The summed E-state index contributed by atoms with van der Waals surface area (Å²) in [6.45, 7) is 0.0533. The molecule has 0 atom stereocenters. The van der Waals surface area contributed by atoms with Gasteiger partial charge in [0.1, 0.15) is 0 Å².